The first kappa shape index (κ1) is 11.6. The summed E-state index contributed by atoms with van der Waals surface area (Å²) in [5.74, 6) is -0.00452. The summed E-state index contributed by atoms with van der Waals surface area (Å²) in [4.78, 5) is 11.6. The van der Waals surface area contributed by atoms with Gasteiger partial charge in [0.2, 0.25) is 0 Å². The Morgan fingerprint density at radius 1 is 1.38 bits per heavy atom. The molecule has 0 saturated heterocycles. The molecule has 1 fully saturated rings. The van der Waals surface area contributed by atoms with E-state index in [-0.39, 0.29) is 17.5 Å². The Bertz CT molecular complexity index is 403. The van der Waals surface area contributed by atoms with Gasteiger partial charge in [-0.1, -0.05) is 18.0 Å². The maximum atomic E-state index is 13.5. The summed E-state index contributed by atoms with van der Waals surface area (Å²) in [6.45, 7) is 0. The minimum Gasteiger partial charge on any atom is -0.299 e. The van der Waals surface area contributed by atoms with Gasteiger partial charge in [0.05, 0.1) is 0 Å². The minimum atomic E-state index is -0.261. The summed E-state index contributed by atoms with van der Waals surface area (Å²) in [6, 6.07) is 4.52. The summed E-state index contributed by atoms with van der Waals surface area (Å²) in [5, 5.41) is 0.527. The second-order valence-electron chi connectivity index (χ2n) is 4.35. The molecule has 0 heterocycles. The SMILES string of the molecule is O=C1CCCCC1Cc1cc(Cl)ccc1F. The second kappa shape index (κ2) is 4.96. The monoisotopic (exact) mass is 240 g/mol. The van der Waals surface area contributed by atoms with Gasteiger partial charge < -0.3 is 0 Å². The molecule has 0 aromatic heterocycles. The third-order valence-electron chi connectivity index (χ3n) is 3.16. The Hall–Kier alpha value is -0.890. The third-order valence-corrected chi connectivity index (χ3v) is 3.39. The molecule has 86 valence electrons. The van der Waals surface area contributed by atoms with Crippen LogP contribution in [0.4, 0.5) is 4.39 Å². The molecule has 0 aliphatic heterocycles. The number of carbonyl (C=O) groups excluding carboxylic acids is 1. The summed E-state index contributed by atoms with van der Waals surface area (Å²) in [5.41, 5.74) is 0.563. The van der Waals surface area contributed by atoms with Crippen LogP contribution in [0.1, 0.15) is 31.2 Å². The smallest absolute Gasteiger partial charge is 0.136 e. The zero-order valence-corrected chi connectivity index (χ0v) is 9.77. The molecule has 1 aromatic carbocycles. The average molecular weight is 241 g/mol. The van der Waals surface area contributed by atoms with Crippen molar-refractivity contribution in [1.82, 2.24) is 0 Å². The number of benzene rings is 1. The quantitative estimate of drug-likeness (QED) is 0.769. The van der Waals surface area contributed by atoms with Crippen molar-refractivity contribution in [3.63, 3.8) is 0 Å². The van der Waals surface area contributed by atoms with Crippen molar-refractivity contribution in [3.8, 4) is 0 Å². The largest absolute Gasteiger partial charge is 0.299 e. The molecule has 1 nitrogen and oxygen atoms in total. The van der Waals surface area contributed by atoms with E-state index in [1.807, 2.05) is 0 Å². The van der Waals surface area contributed by atoms with E-state index in [9.17, 15) is 9.18 Å². The standard InChI is InChI=1S/C13H14ClFO/c14-11-5-6-12(15)10(8-11)7-9-3-1-2-4-13(9)16/h5-6,8-9H,1-4,7H2. The topological polar surface area (TPSA) is 17.1 Å². The van der Waals surface area contributed by atoms with E-state index in [0.29, 0.717) is 23.4 Å². The molecule has 1 atom stereocenters. The van der Waals surface area contributed by atoms with Crippen LogP contribution >= 0.6 is 11.6 Å². The molecular formula is C13H14ClFO. The Morgan fingerprint density at radius 3 is 2.94 bits per heavy atom. The molecule has 1 unspecified atom stereocenters. The van der Waals surface area contributed by atoms with Crippen molar-refractivity contribution in [3.05, 3.63) is 34.6 Å². The highest BCUT2D eigenvalue weighted by Crippen LogP contribution is 2.26. The summed E-state index contributed by atoms with van der Waals surface area (Å²) >= 11 is 5.82. The fourth-order valence-electron chi connectivity index (χ4n) is 2.24. The highest BCUT2D eigenvalue weighted by molar-refractivity contribution is 6.30. The summed E-state index contributed by atoms with van der Waals surface area (Å²) in [6.07, 6.45) is 4.06. The third kappa shape index (κ3) is 2.62. The van der Waals surface area contributed by atoms with Crippen LogP contribution in [0.3, 0.4) is 0 Å². The Morgan fingerprint density at radius 2 is 2.19 bits per heavy atom. The van der Waals surface area contributed by atoms with Gasteiger partial charge in [-0.2, -0.15) is 0 Å². The number of carbonyl (C=O) groups is 1. The lowest BCUT2D eigenvalue weighted by Crippen LogP contribution is -2.21. The predicted octanol–water partition coefficient (Wildman–Crippen LogP) is 3.78. The van der Waals surface area contributed by atoms with E-state index in [1.54, 1.807) is 6.07 Å². The number of Topliss-reactive ketones (excluding diaryl/α,β-unsaturated/α-hetero) is 1. The van der Waals surface area contributed by atoms with E-state index >= 15 is 0 Å². The van der Waals surface area contributed by atoms with Crippen molar-refractivity contribution < 1.29 is 9.18 Å². The van der Waals surface area contributed by atoms with Crippen LogP contribution in [0.2, 0.25) is 5.02 Å². The number of ketones is 1. The van der Waals surface area contributed by atoms with Crippen LogP contribution in [0.25, 0.3) is 0 Å². The molecule has 1 saturated carbocycles. The normalized spacial score (nSPS) is 21.1. The Kier molecular flexibility index (Phi) is 3.59. The molecule has 1 aliphatic carbocycles. The van der Waals surface area contributed by atoms with Gasteiger partial charge in [0.15, 0.2) is 0 Å². The van der Waals surface area contributed by atoms with Crippen LogP contribution in [-0.2, 0) is 11.2 Å². The summed E-state index contributed by atoms with van der Waals surface area (Å²) in [7, 11) is 0. The van der Waals surface area contributed by atoms with E-state index in [1.165, 1.54) is 12.1 Å². The molecular weight excluding hydrogens is 227 g/mol. The lowest BCUT2D eigenvalue weighted by Gasteiger charge is -2.20. The number of halogens is 2. The molecule has 0 N–H and O–H groups in total. The van der Waals surface area contributed by atoms with Gasteiger partial charge in [0.25, 0.3) is 0 Å². The molecule has 0 amide bonds. The molecule has 0 bridgehead atoms. The van der Waals surface area contributed by atoms with Crippen LogP contribution in [0, 0.1) is 11.7 Å². The van der Waals surface area contributed by atoms with Crippen molar-refractivity contribution >= 4 is 17.4 Å². The minimum absolute atomic E-state index is 0.0123. The van der Waals surface area contributed by atoms with Gasteiger partial charge in [-0.15, -0.1) is 0 Å². The lowest BCUT2D eigenvalue weighted by atomic mass is 9.83. The maximum Gasteiger partial charge on any atom is 0.136 e. The van der Waals surface area contributed by atoms with Crippen LogP contribution in [-0.4, -0.2) is 5.78 Å². The van der Waals surface area contributed by atoms with Gasteiger partial charge >= 0.3 is 0 Å². The molecule has 16 heavy (non-hydrogen) atoms. The highest BCUT2D eigenvalue weighted by Gasteiger charge is 2.23. The predicted molar refractivity (Wildman–Crippen MR) is 62.1 cm³/mol. The van der Waals surface area contributed by atoms with Crippen molar-refractivity contribution in [2.24, 2.45) is 5.92 Å². The van der Waals surface area contributed by atoms with Crippen LogP contribution in [0.5, 0.6) is 0 Å². The van der Waals surface area contributed by atoms with E-state index in [0.717, 1.165) is 19.3 Å². The maximum absolute atomic E-state index is 13.5. The Labute approximate surface area is 99.6 Å². The van der Waals surface area contributed by atoms with Gasteiger partial charge in [0.1, 0.15) is 11.6 Å². The van der Waals surface area contributed by atoms with Crippen molar-refractivity contribution in [2.75, 3.05) is 0 Å². The highest BCUT2D eigenvalue weighted by atomic mass is 35.5. The van der Waals surface area contributed by atoms with Gasteiger partial charge in [-0.3, -0.25) is 4.79 Å². The van der Waals surface area contributed by atoms with Crippen LogP contribution < -0.4 is 0 Å². The zero-order valence-electron chi connectivity index (χ0n) is 9.01. The van der Waals surface area contributed by atoms with E-state index < -0.39 is 0 Å². The Balaban J connectivity index is 2.13. The summed E-state index contributed by atoms with van der Waals surface area (Å²) < 4.78 is 13.5. The van der Waals surface area contributed by atoms with Crippen molar-refractivity contribution in [1.29, 1.82) is 0 Å². The molecule has 0 spiro atoms. The van der Waals surface area contributed by atoms with Gasteiger partial charge in [-0.25, -0.2) is 4.39 Å². The number of hydrogen-bond acceptors (Lipinski definition) is 1. The molecule has 1 aromatic rings. The van der Waals surface area contributed by atoms with E-state index in [2.05, 4.69) is 0 Å². The molecule has 2 rings (SSSR count). The first-order valence-corrected chi connectivity index (χ1v) is 6.01. The average Bonchev–Trinajstić information content (AvgIpc) is 2.27. The molecule has 0 radical (unpaired) electrons. The fourth-order valence-corrected chi connectivity index (χ4v) is 2.43. The van der Waals surface area contributed by atoms with Crippen molar-refractivity contribution in [2.45, 2.75) is 32.1 Å². The van der Waals surface area contributed by atoms with Gasteiger partial charge in [-0.05, 0) is 43.0 Å². The second-order valence-corrected chi connectivity index (χ2v) is 4.79. The van der Waals surface area contributed by atoms with E-state index in [4.69, 9.17) is 11.6 Å². The zero-order chi connectivity index (χ0) is 11.5. The van der Waals surface area contributed by atoms with Gasteiger partial charge in [0, 0.05) is 17.4 Å². The fraction of sp³-hybridized carbons (Fsp3) is 0.462. The first-order chi connectivity index (χ1) is 7.66. The lowest BCUT2D eigenvalue weighted by molar-refractivity contribution is -0.124. The van der Waals surface area contributed by atoms with Crippen LogP contribution in [0.15, 0.2) is 18.2 Å². The molecule has 1 aliphatic rings. The number of hydrogen-bond donors (Lipinski definition) is 0. The molecule has 3 heteroatoms. The number of rotatable bonds is 2. The first-order valence-electron chi connectivity index (χ1n) is 5.63.